The Bertz CT molecular complexity index is 707. The molecular formula is C30H44O2. The molecule has 0 amide bonds. The van der Waals surface area contributed by atoms with Crippen molar-refractivity contribution in [2.45, 2.75) is 90.9 Å². The lowest BCUT2D eigenvalue weighted by Gasteiger charge is -2.26. The molecule has 2 nitrogen and oxygen atoms in total. The van der Waals surface area contributed by atoms with Crippen molar-refractivity contribution in [1.29, 1.82) is 0 Å². The number of rotatable bonds is 10. The fourth-order valence-electron chi connectivity index (χ4n) is 5.08. The minimum atomic E-state index is 0.566. The van der Waals surface area contributed by atoms with Crippen molar-refractivity contribution in [3.63, 3.8) is 0 Å². The van der Waals surface area contributed by atoms with Crippen molar-refractivity contribution >= 4 is 0 Å². The van der Waals surface area contributed by atoms with Crippen LogP contribution < -0.4 is 9.47 Å². The molecule has 32 heavy (non-hydrogen) atoms. The van der Waals surface area contributed by atoms with Gasteiger partial charge < -0.3 is 9.47 Å². The van der Waals surface area contributed by atoms with Gasteiger partial charge in [0.25, 0.3) is 0 Å². The van der Waals surface area contributed by atoms with E-state index in [-0.39, 0.29) is 0 Å². The molecule has 0 atom stereocenters. The van der Waals surface area contributed by atoms with E-state index in [0.717, 1.165) is 49.4 Å². The molecule has 0 N–H and O–H groups in total. The summed E-state index contributed by atoms with van der Waals surface area (Å²) in [6.45, 7) is 6.10. The van der Waals surface area contributed by atoms with Crippen LogP contribution in [0.5, 0.6) is 11.5 Å². The third-order valence-corrected chi connectivity index (χ3v) is 7.25. The monoisotopic (exact) mass is 436 g/mol. The lowest BCUT2D eigenvalue weighted by atomic mass is 9.80. The molecular weight excluding hydrogens is 392 g/mol. The summed E-state index contributed by atoms with van der Waals surface area (Å²) < 4.78 is 11.8. The number of allylic oxidation sites excluding steroid dienone is 2. The smallest absolute Gasteiger partial charge is 0.119 e. The van der Waals surface area contributed by atoms with Gasteiger partial charge in [-0.1, -0.05) is 51.0 Å². The first-order valence-corrected chi connectivity index (χ1v) is 13.3. The standard InChI is InChI=1S/C30H44O2/c1-3-5-23-31-29-19-21-30(22-20-29)32-24-28-17-15-27(16-18-28)10-7-6-9-26-13-11-25(8-4-2)12-14-26/h6,9,19-22,25-28H,3-5,8,11-18,23-24H2,1-2H3/b9-6+/t25-,26-,27-,28-. The Balaban J connectivity index is 1.29. The molecule has 2 saturated carbocycles. The highest BCUT2D eigenvalue weighted by atomic mass is 16.5. The summed E-state index contributed by atoms with van der Waals surface area (Å²) in [5.74, 6) is 11.7. The van der Waals surface area contributed by atoms with E-state index in [4.69, 9.17) is 9.47 Å². The lowest BCUT2D eigenvalue weighted by Crippen LogP contribution is -2.19. The zero-order valence-electron chi connectivity index (χ0n) is 20.5. The van der Waals surface area contributed by atoms with Crippen LogP contribution in [0.4, 0.5) is 0 Å². The summed E-state index contributed by atoms with van der Waals surface area (Å²) >= 11 is 0. The first-order valence-electron chi connectivity index (χ1n) is 13.3. The van der Waals surface area contributed by atoms with E-state index in [2.05, 4.69) is 37.8 Å². The quantitative estimate of drug-likeness (QED) is 0.272. The minimum Gasteiger partial charge on any atom is -0.494 e. The largest absolute Gasteiger partial charge is 0.494 e. The minimum absolute atomic E-state index is 0.566. The zero-order chi connectivity index (χ0) is 22.4. The molecule has 2 aliphatic rings. The Hall–Kier alpha value is -1.88. The van der Waals surface area contributed by atoms with E-state index in [1.54, 1.807) is 0 Å². The van der Waals surface area contributed by atoms with Crippen molar-refractivity contribution in [1.82, 2.24) is 0 Å². The van der Waals surface area contributed by atoms with E-state index >= 15 is 0 Å². The van der Waals surface area contributed by atoms with Gasteiger partial charge in [0.15, 0.2) is 0 Å². The molecule has 0 unspecified atom stereocenters. The fraction of sp³-hybridized carbons (Fsp3) is 0.667. The normalized spacial score (nSPS) is 25.8. The second-order valence-electron chi connectivity index (χ2n) is 9.92. The molecule has 2 fully saturated rings. The number of ether oxygens (including phenoxy) is 2. The first-order chi connectivity index (χ1) is 15.8. The average Bonchev–Trinajstić information content (AvgIpc) is 2.83. The van der Waals surface area contributed by atoms with Crippen molar-refractivity contribution in [2.75, 3.05) is 13.2 Å². The maximum absolute atomic E-state index is 6.05. The molecule has 3 rings (SSSR count). The predicted octanol–water partition coefficient (Wildman–Crippen LogP) is 8.22. The highest BCUT2D eigenvalue weighted by Crippen LogP contribution is 2.32. The van der Waals surface area contributed by atoms with E-state index in [0.29, 0.717) is 11.8 Å². The third-order valence-electron chi connectivity index (χ3n) is 7.25. The summed E-state index contributed by atoms with van der Waals surface area (Å²) in [6, 6.07) is 8.09. The Morgan fingerprint density at radius 1 is 0.812 bits per heavy atom. The summed E-state index contributed by atoms with van der Waals surface area (Å²) in [7, 11) is 0. The van der Waals surface area contributed by atoms with Crippen LogP contribution in [0.25, 0.3) is 0 Å². The molecule has 0 aromatic heterocycles. The van der Waals surface area contributed by atoms with Crippen LogP contribution in [-0.4, -0.2) is 13.2 Å². The summed E-state index contributed by atoms with van der Waals surface area (Å²) in [5, 5.41) is 0. The van der Waals surface area contributed by atoms with Gasteiger partial charge in [0.05, 0.1) is 13.2 Å². The topological polar surface area (TPSA) is 18.5 Å². The predicted molar refractivity (Wildman–Crippen MR) is 135 cm³/mol. The van der Waals surface area contributed by atoms with Crippen molar-refractivity contribution in [3.8, 4) is 23.3 Å². The molecule has 2 aliphatic carbocycles. The van der Waals surface area contributed by atoms with Gasteiger partial charge >= 0.3 is 0 Å². The molecule has 0 radical (unpaired) electrons. The molecule has 2 heteroatoms. The van der Waals surface area contributed by atoms with Crippen molar-refractivity contribution in [2.24, 2.45) is 23.7 Å². The van der Waals surface area contributed by atoms with Crippen LogP contribution in [0, 0.1) is 35.5 Å². The molecule has 0 saturated heterocycles. The van der Waals surface area contributed by atoms with Crippen LogP contribution in [0.1, 0.15) is 90.9 Å². The molecule has 1 aromatic carbocycles. The number of benzene rings is 1. The van der Waals surface area contributed by atoms with Crippen LogP contribution in [-0.2, 0) is 0 Å². The Morgan fingerprint density at radius 2 is 1.47 bits per heavy atom. The Labute approximate surface area is 197 Å². The van der Waals surface area contributed by atoms with Crippen molar-refractivity contribution in [3.05, 3.63) is 36.4 Å². The van der Waals surface area contributed by atoms with Gasteiger partial charge in [0.1, 0.15) is 11.5 Å². The number of unbranched alkanes of at least 4 members (excludes halogenated alkanes) is 1. The van der Waals surface area contributed by atoms with Gasteiger partial charge in [-0.2, -0.15) is 0 Å². The zero-order valence-corrected chi connectivity index (χ0v) is 20.5. The highest BCUT2D eigenvalue weighted by Gasteiger charge is 2.21. The number of hydrogen-bond donors (Lipinski definition) is 0. The fourth-order valence-corrected chi connectivity index (χ4v) is 5.08. The van der Waals surface area contributed by atoms with Gasteiger partial charge in [-0.25, -0.2) is 0 Å². The van der Waals surface area contributed by atoms with Crippen molar-refractivity contribution < 1.29 is 9.47 Å². The molecule has 0 aliphatic heterocycles. The molecule has 0 bridgehead atoms. The summed E-state index contributed by atoms with van der Waals surface area (Å²) in [4.78, 5) is 0. The maximum Gasteiger partial charge on any atom is 0.119 e. The Morgan fingerprint density at radius 3 is 2.12 bits per heavy atom. The van der Waals surface area contributed by atoms with Crippen LogP contribution in [0.2, 0.25) is 0 Å². The van der Waals surface area contributed by atoms with Gasteiger partial charge in [0.2, 0.25) is 0 Å². The molecule has 0 heterocycles. The van der Waals surface area contributed by atoms with Gasteiger partial charge in [0, 0.05) is 5.92 Å². The van der Waals surface area contributed by atoms with Gasteiger partial charge in [-0.3, -0.25) is 0 Å². The molecule has 1 aromatic rings. The Kier molecular flexibility index (Phi) is 11.1. The van der Waals surface area contributed by atoms with Crippen LogP contribution in [0.3, 0.4) is 0 Å². The second-order valence-corrected chi connectivity index (χ2v) is 9.92. The SMILES string of the molecule is CCCCOc1ccc(OC[C@H]2CC[C@H](C#C/C=C/[C@H]3CC[C@H](CCC)CC3)CC2)cc1. The highest BCUT2D eigenvalue weighted by molar-refractivity contribution is 5.31. The van der Waals surface area contributed by atoms with Gasteiger partial charge in [-0.05, 0) is 106 Å². The third kappa shape index (κ3) is 8.93. The van der Waals surface area contributed by atoms with E-state index < -0.39 is 0 Å². The summed E-state index contributed by atoms with van der Waals surface area (Å²) in [6.07, 6.45) is 20.0. The average molecular weight is 437 g/mol. The van der Waals surface area contributed by atoms with E-state index in [1.807, 2.05) is 24.3 Å². The summed E-state index contributed by atoms with van der Waals surface area (Å²) in [5.41, 5.74) is 0. The van der Waals surface area contributed by atoms with E-state index in [9.17, 15) is 0 Å². The number of hydrogen-bond acceptors (Lipinski definition) is 2. The van der Waals surface area contributed by atoms with Crippen LogP contribution in [0.15, 0.2) is 36.4 Å². The first kappa shape index (κ1) is 24.8. The molecule has 176 valence electrons. The van der Waals surface area contributed by atoms with Gasteiger partial charge in [-0.15, -0.1) is 0 Å². The van der Waals surface area contributed by atoms with Crippen LogP contribution >= 0.6 is 0 Å². The maximum atomic E-state index is 6.05. The van der Waals surface area contributed by atoms with E-state index in [1.165, 1.54) is 64.2 Å². The molecule has 0 spiro atoms. The lowest BCUT2D eigenvalue weighted by molar-refractivity contribution is 0.196. The second kappa shape index (κ2) is 14.3.